The van der Waals surface area contributed by atoms with Crippen molar-refractivity contribution in [3.63, 3.8) is 0 Å². The van der Waals surface area contributed by atoms with Gasteiger partial charge in [-0.05, 0) is 6.42 Å². The Kier molecular flexibility index (Phi) is 20.0. The van der Waals surface area contributed by atoms with Gasteiger partial charge in [0.2, 0.25) is 0 Å². The van der Waals surface area contributed by atoms with E-state index in [0.29, 0.717) is 6.61 Å². The van der Waals surface area contributed by atoms with Crippen LogP contribution in [0.15, 0.2) is 0 Å². The standard InChI is InChI=1S/C17H36O6S.H3N/c1-3-4-5-6-7-8-9-10-11-12-14-22-16-17(18)13-15-23-24(19,20)21-2;/h17-18H,3-16H2,1-2H3;1H3. The zero-order chi connectivity index (χ0) is 18.1. The van der Waals surface area contributed by atoms with Crippen LogP contribution in [0.25, 0.3) is 0 Å². The highest BCUT2D eigenvalue weighted by atomic mass is 32.3. The monoisotopic (exact) mass is 385 g/mol. The highest BCUT2D eigenvalue weighted by molar-refractivity contribution is 7.81. The average molecular weight is 386 g/mol. The van der Waals surface area contributed by atoms with E-state index in [-0.39, 0.29) is 25.8 Å². The predicted molar refractivity (Wildman–Crippen MR) is 100 cm³/mol. The Morgan fingerprint density at radius 3 is 1.92 bits per heavy atom. The molecule has 0 saturated heterocycles. The quantitative estimate of drug-likeness (QED) is 0.345. The minimum atomic E-state index is -3.91. The summed E-state index contributed by atoms with van der Waals surface area (Å²) in [6.45, 7) is 2.96. The molecule has 4 N–H and O–H groups in total. The number of rotatable bonds is 18. The minimum Gasteiger partial charge on any atom is -0.391 e. The molecule has 1 unspecified atom stereocenters. The number of hydrogen-bond donors (Lipinski definition) is 2. The van der Waals surface area contributed by atoms with Gasteiger partial charge in [0.15, 0.2) is 0 Å². The molecule has 0 aromatic carbocycles. The first-order valence-corrected chi connectivity index (χ1v) is 10.6. The largest absolute Gasteiger partial charge is 0.399 e. The van der Waals surface area contributed by atoms with Gasteiger partial charge < -0.3 is 16.0 Å². The Morgan fingerprint density at radius 1 is 0.880 bits per heavy atom. The second-order valence-corrected chi connectivity index (χ2v) is 7.48. The molecule has 0 aliphatic carbocycles. The van der Waals surface area contributed by atoms with Crippen LogP contribution in [-0.2, 0) is 23.5 Å². The van der Waals surface area contributed by atoms with Crippen molar-refractivity contribution in [1.29, 1.82) is 0 Å². The van der Waals surface area contributed by atoms with Crippen LogP contribution in [0.4, 0.5) is 0 Å². The first kappa shape index (κ1) is 27.0. The van der Waals surface area contributed by atoms with Crippen LogP contribution >= 0.6 is 0 Å². The minimum absolute atomic E-state index is 0. The highest BCUT2D eigenvalue weighted by Gasteiger charge is 2.11. The fraction of sp³-hybridized carbons (Fsp3) is 1.00. The van der Waals surface area contributed by atoms with Crippen molar-refractivity contribution >= 4 is 10.4 Å². The fourth-order valence-corrected chi connectivity index (χ4v) is 2.73. The average Bonchev–Trinajstić information content (AvgIpc) is 2.55. The van der Waals surface area contributed by atoms with Crippen molar-refractivity contribution in [3.8, 4) is 0 Å². The number of aliphatic hydroxyl groups is 1. The second-order valence-electron chi connectivity index (χ2n) is 6.10. The summed E-state index contributed by atoms with van der Waals surface area (Å²) in [5.74, 6) is 0. The molecule has 0 bridgehead atoms. The van der Waals surface area contributed by atoms with Gasteiger partial charge in [-0.3, -0.25) is 4.18 Å². The third-order valence-electron chi connectivity index (χ3n) is 3.84. The van der Waals surface area contributed by atoms with Crippen LogP contribution in [0.3, 0.4) is 0 Å². The topological polar surface area (TPSA) is 117 Å². The molecule has 0 spiro atoms. The lowest BCUT2D eigenvalue weighted by atomic mass is 10.1. The van der Waals surface area contributed by atoms with Gasteiger partial charge in [0.1, 0.15) is 0 Å². The van der Waals surface area contributed by atoms with Gasteiger partial charge in [-0.25, -0.2) is 4.18 Å². The normalized spacial score (nSPS) is 12.8. The first-order chi connectivity index (χ1) is 11.5. The molecule has 25 heavy (non-hydrogen) atoms. The van der Waals surface area contributed by atoms with Crippen molar-refractivity contribution in [1.82, 2.24) is 6.15 Å². The molecule has 0 heterocycles. The Hall–Kier alpha value is -0.250. The Morgan fingerprint density at radius 2 is 1.40 bits per heavy atom. The van der Waals surface area contributed by atoms with Crippen LogP contribution in [0.2, 0.25) is 0 Å². The number of unbranched alkanes of at least 4 members (excludes halogenated alkanes) is 9. The van der Waals surface area contributed by atoms with Crippen LogP contribution in [0, 0.1) is 0 Å². The molecule has 0 aromatic heterocycles. The molecule has 0 saturated carbocycles. The molecule has 8 heteroatoms. The Labute approximate surface area is 154 Å². The van der Waals surface area contributed by atoms with E-state index in [4.69, 9.17) is 4.74 Å². The van der Waals surface area contributed by atoms with E-state index in [1.54, 1.807) is 0 Å². The molecular formula is C17H39NO6S. The maximum atomic E-state index is 10.9. The van der Waals surface area contributed by atoms with E-state index >= 15 is 0 Å². The molecule has 0 radical (unpaired) electrons. The van der Waals surface area contributed by atoms with E-state index in [0.717, 1.165) is 20.0 Å². The molecular weight excluding hydrogens is 346 g/mol. The second kappa shape index (κ2) is 18.5. The summed E-state index contributed by atoms with van der Waals surface area (Å²) >= 11 is 0. The smallest absolute Gasteiger partial charge is 0.391 e. The summed E-state index contributed by atoms with van der Waals surface area (Å²) in [5.41, 5.74) is 0. The fourth-order valence-electron chi connectivity index (χ4n) is 2.33. The molecule has 0 aliphatic heterocycles. The first-order valence-electron chi connectivity index (χ1n) is 9.22. The van der Waals surface area contributed by atoms with Gasteiger partial charge in [0.05, 0.1) is 26.4 Å². The zero-order valence-electron chi connectivity index (χ0n) is 16.1. The molecule has 0 aliphatic rings. The van der Waals surface area contributed by atoms with Crippen LogP contribution in [0.1, 0.15) is 77.6 Å². The van der Waals surface area contributed by atoms with Crippen LogP contribution in [-0.4, -0.2) is 46.6 Å². The molecule has 0 fully saturated rings. The van der Waals surface area contributed by atoms with Crippen molar-refractivity contribution in [2.24, 2.45) is 0 Å². The molecule has 1 atom stereocenters. The van der Waals surface area contributed by atoms with Crippen molar-refractivity contribution in [3.05, 3.63) is 0 Å². The van der Waals surface area contributed by atoms with Gasteiger partial charge in [0, 0.05) is 13.0 Å². The lowest BCUT2D eigenvalue weighted by Gasteiger charge is -2.11. The van der Waals surface area contributed by atoms with Crippen LogP contribution < -0.4 is 6.15 Å². The summed E-state index contributed by atoms with van der Waals surface area (Å²) in [5, 5.41) is 9.64. The molecule has 7 nitrogen and oxygen atoms in total. The van der Waals surface area contributed by atoms with Crippen molar-refractivity contribution in [2.75, 3.05) is 26.9 Å². The summed E-state index contributed by atoms with van der Waals surface area (Å²) in [4.78, 5) is 0. The maximum Gasteiger partial charge on any atom is 0.399 e. The van der Waals surface area contributed by atoms with Crippen molar-refractivity contribution < 1.29 is 26.6 Å². The SMILES string of the molecule is CCCCCCCCCCCCOCC(O)CCOS(=O)(=O)OC.N. The number of ether oxygens (including phenoxy) is 1. The van der Waals surface area contributed by atoms with E-state index in [1.165, 1.54) is 51.4 Å². The van der Waals surface area contributed by atoms with Gasteiger partial charge in [0.25, 0.3) is 0 Å². The van der Waals surface area contributed by atoms with Gasteiger partial charge >= 0.3 is 10.4 Å². The van der Waals surface area contributed by atoms with E-state index in [9.17, 15) is 13.5 Å². The third kappa shape index (κ3) is 19.9. The Balaban J connectivity index is 0. The van der Waals surface area contributed by atoms with Crippen molar-refractivity contribution in [2.45, 2.75) is 83.7 Å². The zero-order valence-corrected chi connectivity index (χ0v) is 16.9. The maximum absolute atomic E-state index is 10.9. The van der Waals surface area contributed by atoms with Gasteiger partial charge in [-0.1, -0.05) is 64.7 Å². The summed E-state index contributed by atoms with van der Waals surface area (Å²) in [6, 6.07) is 0. The molecule has 0 amide bonds. The predicted octanol–water partition coefficient (Wildman–Crippen LogP) is 3.74. The van der Waals surface area contributed by atoms with Gasteiger partial charge in [-0.15, -0.1) is 0 Å². The molecule has 0 aromatic rings. The van der Waals surface area contributed by atoms with E-state index in [1.807, 2.05) is 0 Å². The summed E-state index contributed by atoms with van der Waals surface area (Å²) in [6.07, 6.45) is 12.2. The van der Waals surface area contributed by atoms with E-state index < -0.39 is 16.5 Å². The molecule has 154 valence electrons. The lowest BCUT2D eigenvalue weighted by Crippen LogP contribution is -2.19. The summed E-state index contributed by atoms with van der Waals surface area (Å²) in [7, 11) is -2.89. The van der Waals surface area contributed by atoms with Gasteiger partial charge in [-0.2, -0.15) is 8.42 Å². The highest BCUT2D eigenvalue weighted by Crippen LogP contribution is 2.10. The molecule has 0 rings (SSSR count). The summed E-state index contributed by atoms with van der Waals surface area (Å²) < 4.78 is 35.8. The third-order valence-corrected chi connectivity index (χ3v) is 4.70. The lowest BCUT2D eigenvalue weighted by molar-refractivity contribution is 0.0240. The van der Waals surface area contributed by atoms with Crippen LogP contribution in [0.5, 0.6) is 0 Å². The van der Waals surface area contributed by atoms with E-state index in [2.05, 4.69) is 15.3 Å². The number of hydrogen-bond acceptors (Lipinski definition) is 7. The Bertz CT molecular complexity index is 364. The number of aliphatic hydroxyl groups excluding tert-OH is 1.